The highest BCUT2D eigenvalue weighted by Gasteiger charge is 2.25. The molecule has 0 spiro atoms. The molecule has 1 amide bonds. The number of aryl methyl sites for hydroxylation is 1. The Labute approximate surface area is 221 Å². The minimum atomic E-state index is -0.499. The number of piperidine rings is 1. The molecule has 0 radical (unpaired) electrons. The number of aromatic nitrogens is 2. The van der Waals surface area contributed by atoms with E-state index in [1.165, 1.54) is 5.56 Å². The second-order valence-corrected chi connectivity index (χ2v) is 10.1. The molecule has 6 nitrogen and oxygen atoms in total. The molecule has 1 aliphatic rings. The monoisotopic (exact) mass is 515 g/mol. The fourth-order valence-electron chi connectivity index (χ4n) is 4.78. The van der Waals surface area contributed by atoms with E-state index < -0.39 is 6.10 Å². The maximum absolute atomic E-state index is 13.8. The van der Waals surface area contributed by atoms with Gasteiger partial charge in [0.2, 0.25) is 5.91 Å². The summed E-state index contributed by atoms with van der Waals surface area (Å²) in [6.45, 7) is 2.77. The first-order chi connectivity index (χ1) is 18.0. The number of halogens is 1. The lowest BCUT2D eigenvalue weighted by Crippen LogP contribution is -2.42. The summed E-state index contributed by atoms with van der Waals surface area (Å²) in [4.78, 5) is 30.7. The molecule has 4 aromatic rings. The average molecular weight is 516 g/mol. The van der Waals surface area contributed by atoms with E-state index in [0.717, 1.165) is 24.0 Å². The molecule has 3 aromatic carbocycles. The van der Waals surface area contributed by atoms with Crippen LogP contribution in [0.25, 0.3) is 10.9 Å². The minimum absolute atomic E-state index is 0.0504. The van der Waals surface area contributed by atoms with Gasteiger partial charge in [0.05, 0.1) is 30.1 Å². The molecule has 0 aliphatic carbocycles. The van der Waals surface area contributed by atoms with Crippen molar-refractivity contribution in [3.63, 3.8) is 0 Å². The third-order valence-corrected chi connectivity index (χ3v) is 7.02. The zero-order valence-electron chi connectivity index (χ0n) is 20.8. The van der Waals surface area contributed by atoms with Crippen molar-refractivity contribution in [2.75, 3.05) is 6.61 Å². The van der Waals surface area contributed by atoms with E-state index in [0.29, 0.717) is 47.7 Å². The number of nitrogens with one attached hydrogen (secondary N) is 1. The number of nitrogens with zero attached hydrogens (tertiary/aromatic N) is 2. The first-order valence-corrected chi connectivity index (χ1v) is 13.0. The van der Waals surface area contributed by atoms with Gasteiger partial charge in [-0.15, -0.1) is 0 Å². The van der Waals surface area contributed by atoms with Gasteiger partial charge in [0.1, 0.15) is 11.9 Å². The zero-order chi connectivity index (χ0) is 25.8. The fraction of sp³-hybridized carbons (Fsp3) is 0.300. The smallest absolute Gasteiger partial charge is 0.261 e. The summed E-state index contributed by atoms with van der Waals surface area (Å²) in [5.41, 5.74) is 3.65. The maximum Gasteiger partial charge on any atom is 0.261 e. The lowest BCUT2D eigenvalue weighted by Gasteiger charge is -2.27. The van der Waals surface area contributed by atoms with Crippen LogP contribution in [-0.4, -0.2) is 28.1 Å². The van der Waals surface area contributed by atoms with Gasteiger partial charge in [-0.25, -0.2) is 4.98 Å². The fourth-order valence-corrected chi connectivity index (χ4v) is 4.94. The predicted molar refractivity (Wildman–Crippen MR) is 146 cm³/mol. The molecule has 190 valence electrons. The summed E-state index contributed by atoms with van der Waals surface area (Å²) >= 11 is 6.27. The van der Waals surface area contributed by atoms with Crippen LogP contribution in [0.4, 0.5) is 0 Å². The van der Waals surface area contributed by atoms with Crippen LogP contribution in [0.5, 0.6) is 0 Å². The minimum Gasteiger partial charge on any atom is -0.368 e. The molecule has 1 aromatic heterocycles. The maximum atomic E-state index is 13.8. The van der Waals surface area contributed by atoms with Crippen LogP contribution >= 0.6 is 11.6 Å². The summed E-state index contributed by atoms with van der Waals surface area (Å²) in [5, 5.41) is 4.06. The Morgan fingerprint density at radius 1 is 1.05 bits per heavy atom. The first-order valence-electron chi connectivity index (χ1n) is 12.7. The molecular weight excluding hydrogens is 486 g/mol. The van der Waals surface area contributed by atoms with Gasteiger partial charge in [-0.1, -0.05) is 71.8 Å². The Balaban J connectivity index is 1.58. The molecule has 5 rings (SSSR count). The summed E-state index contributed by atoms with van der Waals surface area (Å²) in [6.07, 6.45) is 2.29. The largest absolute Gasteiger partial charge is 0.368 e. The van der Waals surface area contributed by atoms with E-state index in [1.807, 2.05) is 30.3 Å². The molecule has 1 saturated heterocycles. The lowest BCUT2D eigenvalue weighted by molar-refractivity contribution is -0.124. The molecule has 0 saturated carbocycles. The molecule has 1 aliphatic heterocycles. The lowest BCUT2D eigenvalue weighted by atomic mass is 10.0. The Hall–Kier alpha value is -3.48. The van der Waals surface area contributed by atoms with E-state index in [-0.39, 0.29) is 17.5 Å². The van der Waals surface area contributed by atoms with E-state index in [4.69, 9.17) is 21.3 Å². The normalized spacial score (nSPS) is 16.5. The van der Waals surface area contributed by atoms with Crippen LogP contribution in [0, 0.1) is 6.92 Å². The Kier molecular flexibility index (Phi) is 7.68. The number of amides is 1. The second kappa shape index (κ2) is 11.3. The number of ether oxygens (including phenoxy) is 1. The van der Waals surface area contributed by atoms with Crippen molar-refractivity contribution in [2.45, 2.75) is 51.3 Å². The van der Waals surface area contributed by atoms with Crippen molar-refractivity contribution in [3.05, 3.63) is 111 Å². The van der Waals surface area contributed by atoms with Crippen molar-refractivity contribution < 1.29 is 9.53 Å². The van der Waals surface area contributed by atoms with Gasteiger partial charge in [-0.05, 0) is 49.1 Å². The van der Waals surface area contributed by atoms with Crippen molar-refractivity contribution in [2.24, 2.45) is 0 Å². The molecule has 2 atom stereocenters. The van der Waals surface area contributed by atoms with Crippen LogP contribution in [0.1, 0.15) is 47.9 Å². The molecule has 2 heterocycles. The van der Waals surface area contributed by atoms with Gasteiger partial charge >= 0.3 is 0 Å². The van der Waals surface area contributed by atoms with Crippen LogP contribution in [0.15, 0.2) is 77.6 Å². The number of carbonyl (C=O) groups excluding carboxylic acids is 1. The Morgan fingerprint density at radius 2 is 1.84 bits per heavy atom. The molecule has 2 unspecified atom stereocenters. The van der Waals surface area contributed by atoms with E-state index in [2.05, 4.69) is 36.5 Å². The molecule has 1 fully saturated rings. The summed E-state index contributed by atoms with van der Waals surface area (Å²) in [5.74, 6) is 0.598. The molecule has 7 heteroatoms. The highest BCUT2D eigenvalue weighted by molar-refractivity contribution is 6.31. The van der Waals surface area contributed by atoms with E-state index in [1.54, 1.807) is 22.8 Å². The van der Waals surface area contributed by atoms with Gasteiger partial charge in [0.25, 0.3) is 5.56 Å². The Morgan fingerprint density at radius 3 is 2.59 bits per heavy atom. The zero-order valence-corrected chi connectivity index (χ0v) is 21.6. The number of hydrogen-bond acceptors (Lipinski definition) is 4. The van der Waals surface area contributed by atoms with Gasteiger partial charge in [0.15, 0.2) is 0 Å². The third kappa shape index (κ3) is 6.09. The SMILES string of the molecule is Cc1ccc(CC(OCC2CCCC(=O)N2)c2nc3cc(Cl)ccc3c(=O)n2Cc2ccccc2)cc1. The number of fused-ring (bicyclic) bond motifs is 1. The molecular formula is C30H30ClN3O3. The van der Waals surface area contributed by atoms with Gasteiger partial charge in [-0.2, -0.15) is 0 Å². The second-order valence-electron chi connectivity index (χ2n) is 9.68. The van der Waals surface area contributed by atoms with Gasteiger partial charge in [0, 0.05) is 17.9 Å². The van der Waals surface area contributed by atoms with Gasteiger partial charge in [-0.3, -0.25) is 14.2 Å². The Bertz CT molecular complexity index is 1450. The van der Waals surface area contributed by atoms with Crippen LogP contribution in [-0.2, 0) is 22.5 Å². The summed E-state index contributed by atoms with van der Waals surface area (Å²) in [6, 6.07) is 23.2. The summed E-state index contributed by atoms with van der Waals surface area (Å²) < 4.78 is 8.20. The molecule has 37 heavy (non-hydrogen) atoms. The standard InChI is InChI=1S/C30H30ClN3O3/c1-20-10-12-21(13-11-20)16-27(37-19-24-8-5-9-28(35)32-24)29-33-26-17-23(31)14-15-25(26)30(36)34(29)18-22-6-3-2-4-7-22/h2-4,6-7,10-15,17,24,27H,5,8-9,16,18-19H2,1H3,(H,32,35). The van der Waals surface area contributed by atoms with Crippen LogP contribution < -0.4 is 10.9 Å². The molecule has 1 N–H and O–H groups in total. The number of hydrogen-bond donors (Lipinski definition) is 1. The third-order valence-electron chi connectivity index (χ3n) is 6.78. The topological polar surface area (TPSA) is 73.2 Å². The van der Waals surface area contributed by atoms with Crippen LogP contribution in [0.3, 0.4) is 0 Å². The van der Waals surface area contributed by atoms with Crippen molar-refractivity contribution in [1.29, 1.82) is 0 Å². The average Bonchev–Trinajstić information content (AvgIpc) is 2.90. The number of carbonyl (C=O) groups is 1. The number of rotatable bonds is 8. The quantitative estimate of drug-likeness (QED) is 0.342. The highest BCUT2D eigenvalue weighted by atomic mass is 35.5. The highest BCUT2D eigenvalue weighted by Crippen LogP contribution is 2.25. The van der Waals surface area contributed by atoms with Gasteiger partial charge < -0.3 is 10.1 Å². The molecule has 0 bridgehead atoms. The number of benzene rings is 3. The van der Waals surface area contributed by atoms with Crippen LogP contribution in [0.2, 0.25) is 5.02 Å². The first kappa shape index (κ1) is 25.2. The van der Waals surface area contributed by atoms with Crippen molar-refractivity contribution >= 4 is 28.4 Å². The van der Waals surface area contributed by atoms with Crippen molar-refractivity contribution in [1.82, 2.24) is 14.9 Å². The van der Waals surface area contributed by atoms with E-state index in [9.17, 15) is 9.59 Å². The summed E-state index contributed by atoms with van der Waals surface area (Å²) in [7, 11) is 0. The van der Waals surface area contributed by atoms with Crippen molar-refractivity contribution in [3.8, 4) is 0 Å². The van der Waals surface area contributed by atoms with E-state index >= 15 is 0 Å². The predicted octanol–water partition coefficient (Wildman–Crippen LogP) is 5.38.